The van der Waals surface area contributed by atoms with E-state index in [0.29, 0.717) is 24.6 Å². The molecular weight excluding hydrogens is 447 g/mol. The normalized spacial score (nSPS) is 18.1. The summed E-state index contributed by atoms with van der Waals surface area (Å²) in [5.74, 6) is -1.69. The SMILES string of the molecule is CC1(C)CC(CC(=O)NCCSSCCC(=O)O)CC(C)(C)O1.O=C(O)C(F)(F)F. The Morgan fingerprint density at radius 3 is 1.93 bits per heavy atom. The van der Waals surface area contributed by atoms with Gasteiger partial charge in [0.05, 0.1) is 17.6 Å². The largest absolute Gasteiger partial charge is 0.490 e. The van der Waals surface area contributed by atoms with Gasteiger partial charge in [-0.3, -0.25) is 9.59 Å². The molecule has 176 valence electrons. The van der Waals surface area contributed by atoms with Crippen LogP contribution in [-0.2, 0) is 19.1 Å². The molecule has 30 heavy (non-hydrogen) atoms. The van der Waals surface area contributed by atoms with Crippen molar-refractivity contribution in [2.45, 2.75) is 70.8 Å². The van der Waals surface area contributed by atoms with Crippen molar-refractivity contribution in [1.29, 1.82) is 0 Å². The maximum Gasteiger partial charge on any atom is 0.490 e. The van der Waals surface area contributed by atoms with E-state index < -0.39 is 18.1 Å². The minimum absolute atomic E-state index is 0.0969. The number of aliphatic carboxylic acids is 2. The first-order chi connectivity index (χ1) is 13.5. The van der Waals surface area contributed by atoms with Gasteiger partial charge in [-0.25, -0.2) is 4.79 Å². The summed E-state index contributed by atoms with van der Waals surface area (Å²) in [5, 5.41) is 18.6. The molecule has 0 aromatic heterocycles. The fraction of sp³-hybridized carbons (Fsp3) is 0.833. The maximum absolute atomic E-state index is 12.1. The fourth-order valence-electron chi connectivity index (χ4n) is 3.25. The second-order valence-electron chi connectivity index (χ2n) is 8.04. The Morgan fingerprint density at radius 1 is 1.03 bits per heavy atom. The van der Waals surface area contributed by atoms with Crippen LogP contribution in [0.4, 0.5) is 13.2 Å². The van der Waals surface area contributed by atoms with Crippen LogP contribution < -0.4 is 5.32 Å². The van der Waals surface area contributed by atoms with E-state index in [9.17, 15) is 22.8 Å². The zero-order valence-electron chi connectivity index (χ0n) is 17.5. The number of nitrogens with one attached hydrogen (secondary N) is 1. The van der Waals surface area contributed by atoms with Crippen LogP contribution in [0, 0.1) is 5.92 Å². The summed E-state index contributed by atoms with van der Waals surface area (Å²) in [6.45, 7) is 8.97. The predicted molar refractivity (Wildman–Crippen MR) is 110 cm³/mol. The Hall–Kier alpha value is -1.14. The molecule has 0 aliphatic carbocycles. The summed E-state index contributed by atoms with van der Waals surface area (Å²) in [6.07, 6.45) is -2.54. The van der Waals surface area contributed by atoms with E-state index in [1.54, 1.807) is 10.8 Å². The first-order valence-electron chi connectivity index (χ1n) is 9.27. The van der Waals surface area contributed by atoms with Crippen LogP contribution in [0.25, 0.3) is 0 Å². The zero-order valence-corrected chi connectivity index (χ0v) is 19.1. The lowest BCUT2D eigenvalue weighted by atomic mass is 9.79. The lowest BCUT2D eigenvalue weighted by Gasteiger charge is -2.45. The topological polar surface area (TPSA) is 113 Å². The lowest BCUT2D eigenvalue weighted by molar-refractivity contribution is -0.192. The highest BCUT2D eigenvalue weighted by molar-refractivity contribution is 8.76. The number of ether oxygens (including phenoxy) is 1. The second-order valence-corrected chi connectivity index (χ2v) is 10.7. The number of carbonyl (C=O) groups excluding carboxylic acids is 1. The number of hydrogen-bond donors (Lipinski definition) is 3. The summed E-state index contributed by atoms with van der Waals surface area (Å²) < 4.78 is 37.8. The molecule has 0 aromatic rings. The first-order valence-corrected chi connectivity index (χ1v) is 11.8. The van der Waals surface area contributed by atoms with Gasteiger partial charge >= 0.3 is 18.1 Å². The molecule has 0 radical (unpaired) electrons. The molecule has 1 amide bonds. The summed E-state index contributed by atoms with van der Waals surface area (Å²) in [5.41, 5.74) is -0.355. The summed E-state index contributed by atoms with van der Waals surface area (Å²) in [6, 6.07) is 0. The molecule has 1 saturated heterocycles. The number of carboxylic acids is 2. The average Bonchev–Trinajstić information content (AvgIpc) is 2.50. The standard InChI is InChI=1S/C16H29NO4S2.C2HF3O2/c1-15(2)10-12(11-16(3,4)21-15)9-13(18)17-6-8-23-22-7-5-14(19)20;3-2(4,5)1(6)7/h12H,5-11H2,1-4H3,(H,17,18)(H,19,20);(H,6,7). The molecule has 1 heterocycles. The van der Waals surface area contributed by atoms with E-state index in [4.69, 9.17) is 19.7 Å². The highest BCUT2D eigenvalue weighted by Gasteiger charge is 2.40. The Labute approximate surface area is 182 Å². The van der Waals surface area contributed by atoms with Gasteiger partial charge in [-0.2, -0.15) is 13.2 Å². The molecule has 0 aromatic carbocycles. The van der Waals surface area contributed by atoms with Gasteiger partial charge in [-0.15, -0.1) is 0 Å². The first kappa shape index (κ1) is 28.9. The second kappa shape index (κ2) is 12.7. The van der Waals surface area contributed by atoms with Crippen LogP contribution >= 0.6 is 21.6 Å². The molecule has 0 saturated carbocycles. The molecule has 1 fully saturated rings. The molecule has 7 nitrogen and oxygen atoms in total. The Kier molecular flexibility index (Phi) is 12.2. The molecule has 0 spiro atoms. The van der Waals surface area contributed by atoms with Crippen molar-refractivity contribution in [2.75, 3.05) is 18.1 Å². The maximum atomic E-state index is 12.1. The van der Waals surface area contributed by atoms with Crippen LogP contribution in [-0.4, -0.2) is 63.5 Å². The minimum Gasteiger partial charge on any atom is -0.481 e. The fourth-order valence-corrected chi connectivity index (χ4v) is 5.14. The van der Waals surface area contributed by atoms with Gasteiger partial charge in [0.1, 0.15) is 0 Å². The third-order valence-corrected chi connectivity index (χ3v) is 6.23. The monoisotopic (exact) mass is 477 g/mol. The van der Waals surface area contributed by atoms with Crippen LogP contribution in [0.5, 0.6) is 0 Å². The summed E-state index contributed by atoms with van der Waals surface area (Å²) >= 11 is 0. The molecule has 12 heteroatoms. The van der Waals surface area contributed by atoms with E-state index in [2.05, 4.69) is 33.0 Å². The van der Waals surface area contributed by atoms with Crippen molar-refractivity contribution in [3.63, 3.8) is 0 Å². The number of rotatable bonds is 9. The summed E-state index contributed by atoms with van der Waals surface area (Å²) in [4.78, 5) is 31.3. The smallest absolute Gasteiger partial charge is 0.481 e. The Balaban J connectivity index is 0.00000103. The van der Waals surface area contributed by atoms with E-state index in [1.165, 1.54) is 10.8 Å². The van der Waals surface area contributed by atoms with Gasteiger partial charge < -0.3 is 20.3 Å². The van der Waals surface area contributed by atoms with Gasteiger partial charge in [0.25, 0.3) is 0 Å². The van der Waals surface area contributed by atoms with Crippen LogP contribution in [0.3, 0.4) is 0 Å². The van der Waals surface area contributed by atoms with Crippen LogP contribution in [0.2, 0.25) is 0 Å². The van der Waals surface area contributed by atoms with E-state index in [-0.39, 0.29) is 23.5 Å². The molecule has 0 unspecified atom stereocenters. The molecule has 1 aliphatic heterocycles. The van der Waals surface area contributed by atoms with Crippen molar-refractivity contribution in [3.05, 3.63) is 0 Å². The van der Waals surface area contributed by atoms with Gasteiger partial charge in [-0.1, -0.05) is 21.6 Å². The summed E-state index contributed by atoms with van der Waals surface area (Å²) in [7, 11) is 3.14. The third-order valence-electron chi connectivity index (χ3n) is 3.82. The Bertz CT molecular complexity index is 569. The molecule has 0 bridgehead atoms. The highest BCUT2D eigenvalue weighted by Crippen LogP contribution is 2.39. The zero-order chi connectivity index (χ0) is 23.6. The third kappa shape index (κ3) is 14.8. The van der Waals surface area contributed by atoms with Gasteiger partial charge in [0.15, 0.2) is 0 Å². The van der Waals surface area contributed by atoms with Crippen molar-refractivity contribution >= 4 is 39.4 Å². The van der Waals surface area contributed by atoms with E-state index in [1.807, 2.05) is 0 Å². The van der Waals surface area contributed by atoms with Crippen molar-refractivity contribution in [2.24, 2.45) is 5.92 Å². The number of carbonyl (C=O) groups is 3. The highest BCUT2D eigenvalue weighted by atomic mass is 33.1. The van der Waals surface area contributed by atoms with Crippen LogP contribution in [0.15, 0.2) is 0 Å². The predicted octanol–water partition coefficient (Wildman–Crippen LogP) is 3.97. The number of carboxylic acid groups (broad SMARTS) is 2. The number of alkyl halides is 3. The van der Waals surface area contributed by atoms with Gasteiger partial charge in [-0.05, 0) is 46.5 Å². The molecule has 3 N–H and O–H groups in total. The molecule has 1 rings (SSSR count). The molecule has 1 aliphatic rings. The molecule has 0 atom stereocenters. The van der Waals surface area contributed by atoms with E-state index >= 15 is 0 Å². The number of halogens is 3. The van der Waals surface area contributed by atoms with Gasteiger partial charge in [0, 0.05) is 24.5 Å². The van der Waals surface area contributed by atoms with Crippen LogP contribution in [0.1, 0.15) is 53.4 Å². The molecular formula is C18H30F3NO6S2. The van der Waals surface area contributed by atoms with E-state index in [0.717, 1.165) is 18.6 Å². The lowest BCUT2D eigenvalue weighted by Crippen LogP contribution is -2.46. The Morgan fingerprint density at radius 2 is 1.50 bits per heavy atom. The number of hydrogen-bond acceptors (Lipinski definition) is 6. The van der Waals surface area contributed by atoms with Crippen molar-refractivity contribution in [1.82, 2.24) is 5.32 Å². The van der Waals surface area contributed by atoms with Crippen molar-refractivity contribution in [3.8, 4) is 0 Å². The average molecular weight is 478 g/mol. The minimum atomic E-state index is -5.08. The van der Waals surface area contributed by atoms with Gasteiger partial charge in [0.2, 0.25) is 5.91 Å². The quantitative estimate of drug-likeness (QED) is 0.338. The number of amides is 1. The van der Waals surface area contributed by atoms with Crippen molar-refractivity contribution < 1.29 is 42.5 Å².